The molecule has 2 rings (SSSR count). The van der Waals surface area contributed by atoms with E-state index in [4.69, 9.17) is 0 Å². The normalized spacial score (nSPS) is 18.3. The van der Waals surface area contributed by atoms with Crippen LogP contribution in [0.15, 0.2) is 18.3 Å². The third-order valence-electron chi connectivity index (χ3n) is 3.96. The summed E-state index contributed by atoms with van der Waals surface area (Å²) >= 11 is 0. The van der Waals surface area contributed by atoms with E-state index in [0.717, 1.165) is 13.1 Å². The second-order valence-electron chi connectivity index (χ2n) is 5.28. The largest absolute Gasteiger partial charge is 0.351 e. The van der Waals surface area contributed by atoms with Gasteiger partial charge in [0.25, 0.3) is 0 Å². The molecule has 0 saturated carbocycles. The molecule has 0 radical (unpaired) electrons. The minimum atomic E-state index is 0.707. The Morgan fingerprint density at radius 3 is 2.72 bits per heavy atom. The molecule has 0 bridgehead atoms. The van der Waals surface area contributed by atoms with Gasteiger partial charge < -0.3 is 14.8 Å². The van der Waals surface area contributed by atoms with Crippen molar-refractivity contribution in [3.8, 4) is 0 Å². The van der Waals surface area contributed by atoms with E-state index in [1.165, 1.54) is 44.6 Å². The lowest BCUT2D eigenvalue weighted by molar-refractivity contribution is 0.197. The van der Waals surface area contributed by atoms with Crippen LogP contribution in [0, 0.1) is 0 Å². The lowest BCUT2D eigenvalue weighted by Crippen LogP contribution is -2.42. The van der Waals surface area contributed by atoms with Crippen LogP contribution in [0.5, 0.6) is 0 Å². The molecule has 1 aromatic rings. The average molecular weight is 249 g/mol. The topological polar surface area (TPSA) is 20.2 Å². The summed E-state index contributed by atoms with van der Waals surface area (Å²) < 4.78 is 2.32. The third-order valence-corrected chi connectivity index (χ3v) is 3.96. The Bertz CT molecular complexity index is 337. The van der Waals surface area contributed by atoms with Crippen molar-refractivity contribution in [2.45, 2.75) is 52.2 Å². The van der Waals surface area contributed by atoms with Gasteiger partial charge in [0, 0.05) is 31.0 Å². The summed E-state index contributed by atoms with van der Waals surface area (Å²) in [6.45, 7) is 10.3. The van der Waals surface area contributed by atoms with Crippen molar-refractivity contribution in [3.63, 3.8) is 0 Å². The van der Waals surface area contributed by atoms with E-state index in [1.807, 2.05) is 0 Å². The molecule has 0 aliphatic carbocycles. The van der Waals surface area contributed by atoms with Crippen LogP contribution in [-0.2, 0) is 13.1 Å². The quantitative estimate of drug-likeness (QED) is 0.836. The van der Waals surface area contributed by atoms with Crippen molar-refractivity contribution in [1.82, 2.24) is 14.8 Å². The summed E-state index contributed by atoms with van der Waals surface area (Å²) in [5.74, 6) is 0. The molecule has 0 atom stereocenters. The number of hydrogen-bond acceptors (Lipinski definition) is 2. The van der Waals surface area contributed by atoms with Crippen molar-refractivity contribution in [3.05, 3.63) is 24.0 Å². The zero-order valence-electron chi connectivity index (χ0n) is 11.9. The number of nitrogens with one attached hydrogen (secondary N) is 1. The molecule has 1 aliphatic heterocycles. The molecule has 0 amide bonds. The molecule has 1 N–H and O–H groups in total. The Hall–Kier alpha value is -0.800. The van der Waals surface area contributed by atoms with E-state index in [0.29, 0.717) is 6.04 Å². The van der Waals surface area contributed by atoms with Crippen LogP contribution in [0.1, 0.15) is 38.8 Å². The molecular formula is C15H27N3. The third kappa shape index (κ3) is 3.59. The molecule has 1 aliphatic rings. The first-order chi connectivity index (χ1) is 8.83. The lowest BCUT2D eigenvalue weighted by Gasteiger charge is -2.32. The minimum Gasteiger partial charge on any atom is -0.351 e. The molecule has 1 fully saturated rings. The van der Waals surface area contributed by atoms with Crippen molar-refractivity contribution < 1.29 is 0 Å². The Morgan fingerprint density at radius 2 is 2.06 bits per heavy atom. The highest BCUT2D eigenvalue weighted by molar-refractivity contribution is 5.07. The van der Waals surface area contributed by atoms with Gasteiger partial charge in [0.05, 0.1) is 0 Å². The Morgan fingerprint density at radius 1 is 1.28 bits per heavy atom. The van der Waals surface area contributed by atoms with Crippen LogP contribution >= 0.6 is 0 Å². The maximum absolute atomic E-state index is 3.71. The van der Waals surface area contributed by atoms with Crippen LogP contribution in [0.2, 0.25) is 0 Å². The monoisotopic (exact) mass is 249 g/mol. The van der Waals surface area contributed by atoms with Crippen molar-refractivity contribution in [2.24, 2.45) is 0 Å². The summed E-state index contributed by atoms with van der Waals surface area (Å²) in [4.78, 5) is 2.59. The number of aryl methyl sites for hydroxylation is 1. The fraction of sp³-hybridized carbons (Fsp3) is 0.733. The summed E-state index contributed by atoms with van der Waals surface area (Å²) in [7, 11) is 0. The predicted octanol–water partition coefficient (Wildman–Crippen LogP) is 2.47. The van der Waals surface area contributed by atoms with Gasteiger partial charge in [0.2, 0.25) is 0 Å². The van der Waals surface area contributed by atoms with Crippen LogP contribution in [-0.4, -0.2) is 35.1 Å². The summed E-state index contributed by atoms with van der Waals surface area (Å²) in [6, 6.07) is 5.07. The number of hydrogen-bond donors (Lipinski definition) is 1. The SMILES string of the molecule is CCCN1CCC(NCc2cccn2CC)CC1. The lowest BCUT2D eigenvalue weighted by atomic mass is 10.0. The van der Waals surface area contributed by atoms with Gasteiger partial charge in [-0.2, -0.15) is 0 Å². The Kier molecular flexibility index (Phi) is 5.26. The zero-order chi connectivity index (χ0) is 12.8. The second-order valence-corrected chi connectivity index (χ2v) is 5.28. The van der Waals surface area contributed by atoms with Gasteiger partial charge in [-0.05, 0) is 58.0 Å². The molecule has 18 heavy (non-hydrogen) atoms. The van der Waals surface area contributed by atoms with Gasteiger partial charge >= 0.3 is 0 Å². The Balaban J connectivity index is 1.72. The number of nitrogens with zero attached hydrogens (tertiary/aromatic N) is 2. The van der Waals surface area contributed by atoms with E-state index in [9.17, 15) is 0 Å². The molecule has 3 heteroatoms. The minimum absolute atomic E-state index is 0.707. The van der Waals surface area contributed by atoms with Gasteiger partial charge in [-0.1, -0.05) is 6.92 Å². The molecule has 1 aromatic heterocycles. The smallest absolute Gasteiger partial charge is 0.0361 e. The zero-order valence-corrected chi connectivity index (χ0v) is 11.9. The first kappa shape index (κ1) is 13.6. The first-order valence-corrected chi connectivity index (χ1v) is 7.43. The van der Waals surface area contributed by atoms with E-state index >= 15 is 0 Å². The van der Waals surface area contributed by atoms with Crippen molar-refractivity contribution in [1.29, 1.82) is 0 Å². The van der Waals surface area contributed by atoms with Crippen molar-refractivity contribution >= 4 is 0 Å². The fourth-order valence-corrected chi connectivity index (χ4v) is 2.84. The van der Waals surface area contributed by atoms with E-state index < -0.39 is 0 Å². The van der Waals surface area contributed by atoms with Crippen LogP contribution < -0.4 is 5.32 Å². The summed E-state index contributed by atoms with van der Waals surface area (Å²) in [5, 5.41) is 3.71. The van der Waals surface area contributed by atoms with Gasteiger partial charge in [0.15, 0.2) is 0 Å². The van der Waals surface area contributed by atoms with E-state index in [-0.39, 0.29) is 0 Å². The van der Waals surface area contributed by atoms with Gasteiger partial charge in [-0.15, -0.1) is 0 Å². The molecule has 0 aromatic carbocycles. The number of rotatable bonds is 6. The predicted molar refractivity (Wildman–Crippen MR) is 76.7 cm³/mol. The maximum atomic E-state index is 3.71. The van der Waals surface area contributed by atoms with E-state index in [2.05, 4.69) is 47.0 Å². The summed E-state index contributed by atoms with van der Waals surface area (Å²) in [5.41, 5.74) is 1.41. The summed E-state index contributed by atoms with van der Waals surface area (Å²) in [6.07, 6.45) is 6.04. The highest BCUT2D eigenvalue weighted by atomic mass is 15.1. The molecular weight excluding hydrogens is 222 g/mol. The van der Waals surface area contributed by atoms with Crippen LogP contribution in [0.25, 0.3) is 0 Å². The standard InChI is InChI=1S/C15H27N3/c1-3-9-17-11-7-14(8-12-17)16-13-15-6-5-10-18(15)4-2/h5-6,10,14,16H,3-4,7-9,11-13H2,1-2H3. The number of likely N-dealkylation sites (tertiary alicyclic amines) is 1. The van der Waals surface area contributed by atoms with Crippen LogP contribution in [0.3, 0.4) is 0 Å². The van der Waals surface area contributed by atoms with Gasteiger partial charge in [0.1, 0.15) is 0 Å². The maximum Gasteiger partial charge on any atom is 0.0361 e. The number of aromatic nitrogens is 1. The number of piperidine rings is 1. The highest BCUT2D eigenvalue weighted by Crippen LogP contribution is 2.11. The Labute approximate surface area is 111 Å². The van der Waals surface area contributed by atoms with Crippen molar-refractivity contribution in [2.75, 3.05) is 19.6 Å². The molecule has 2 heterocycles. The molecule has 3 nitrogen and oxygen atoms in total. The van der Waals surface area contributed by atoms with Gasteiger partial charge in [-0.25, -0.2) is 0 Å². The van der Waals surface area contributed by atoms with E-state index in [1.54, 1.807) is 0 Å². The second kappa shape index (κ2) is 6.95. The highest BCUT2D eigenvalue weighted by Gasteiger charge is 2.17. The first-order valence-electron chi connectivity index (χ1n) is 7.43. The molecule has 0 spiro atoms. The molecule has 0 unspecified atom stereocenters. The van der Waals surface area contributed by atoms with Gasteiger partial charge in [-0.3, -0.25) is 0 Å². The fourth-order valence-electron chi connectivity index (χ4n) is 2.84. The molecule has 102 valence electrons. The van der Waals surface area contributed by atoms with Crippen LogP contribution in [0.4, 0.5) is 0 Å². The average Bonchev–Trinajstić information content (AvgIpc) is 2.86. The molecule has 1 saturated heterocycles.